The molecule has 1 aliphatic heterocycles. The number of halogens is 2. The van der Waals surface area contributed by atoms with Crippen LogP contribution in [0.3, 0.4) is 0 Å². The minimum absolute atomic E-state index is 0.219. The molecule has 0 amide bonds. The number of esters is 1. The van der Waals surface area contributed by atoms with Gasteiger partial charge in [-0.3, -0.25) is 0 Å². The summed E-state index contributed by atoms with van der Waals surface area (Å²) >= 11 is 2.08. The van der Waals surface area contributed by atoms with Gasteiger partial charge in [0.25, 0.3) is 0 Å². The number of cyclic esters (lactones) is 1. The first-order chi connectivity index (χ1) is 4.66. The second-order valence-electron chi connectivity index (χ2n) is 2.39. The van der Waals surface area contributed by atoms with Gasteiger partial charge < -0.3 is 4.74 Å². The third kappa shape index (κ3) is 1.26. The van der Waals surface area contributed by atoms with Gasteiger partial charge in [0.05, 0.1) is 0 Å². The fourth-order valence-corrected chi connectivity index (χ4v) is 1.88. The zero-order valence-electron chi connectivity index (χ0n) is 5.51. The lowest BCUT2D eigenvalue weighted by atomic mass is 10.0. The first-order valence-corrected chi connectivity index (χ1v) is 4.60. The summed E-state index contributed by atoms with van der Waals surface area (Å²) < 4.78 is 18.1. The van der Waals surface area contributed by atoms with Gasteiger partial charge in [-0.2, -0.15) is 0 Å². The Kier molecular flexibility index (Phi) is 2.49. The molecule has 0 aromatic heterocycles. The topological polar surface area (TPSA) is 26.3 Å². The molecule has 0 aliphatic carbocycles. The fraction of sp³-hybridized carbons (Fsp3) is 0.833. The van der Waals surface area contributed by atoms with Gasteiger partial charge in [-0.25, -0.2) is 9.18 Å². The van der Waals surface area contributed by atoms with Gasteiger partial charge in [0.1, 0.15) is 6.10 Å². The molecule has 0 saturated carbocycles. The van der Waals surface area contributed by atoms with Crippen molar-refractivity contribution in [1.82, 2.24) is 0 Å². The van der Waals surface area contributed by atoms with E-state index in [0.29, 0.717) is 4.43 Å². The highest BCUT2D eigenvalue weighted by molar-refractivity contribution is 14.1. The highest BCUT2D eigenvalue weighted by Gasteiger charge is 2.41. The molecule has 0 bridgehead atoms. The minimum Gasteiger partial charge on any atom is -0.459 e. The van der Waals surface area contributed by atoms with Crippen LogP contribution in [0.2, 0.25) is 0 Å². The summed E-state index contributed by atoms with van der Waals surface area (Å²) in [6.07, 6.45) is -1.62. The van der Waals surface area contributed by atoms with Crippen molar-refractivity contribution in [3.8, 4) is 0 Å². The standard InChI is InChI=1S/C6H8FIO2/c1-3-4(2-8)10-6(9)5(3)7/h3-5H,2H2,1H3/t3-,4-,5+/m1/s1. The minimum atomic E-state index is -1.40. The third-order valence-corrected chi connectivity index (χ3v) is 2.56. The van der Waals surface area contributed by atoms with Gasteiger partial charge in [0.2, 0.25) is 6.17 Å². The van der Waals surface area contributed by atoms with Gasteiger partial charge in [-0.15, -0.1) is 0 Å². The van der Waals surface area contributed by atoms with E-state index in [1.807, 2.05) is 0 Å². The van der Waals surface area contributed by atoms with Crippen LogP contribution in [-0.4, -0.2) is 22.7 Å². The van der Waals surface area contributed by atoms with Crippen LogP contribution in [0.15, 0.2) is 0 Å². The first-order valence-electron chi connectivity index (χ1n) is 3.07. The maximum atomic E-state index is 12.7. The lowest BCUT2D eigenvalue weighted by Crippen LogP contribution is -2.19. The summed E-state index contributed by atoms with van der Waals surface area (Å²) in [6, 6.07) is 0. The molecule has 1 saturated heterocycles. The van der Waals surface area contributed by atoms with Gasteiger partial charge in [0.15, 0.2) is 0 Å². The van der Waals surface area contributed by atoms with Crippen molar-refractivity contribution >= 4 is 28.6 Å². The summed E-state index contributed by atoms with van der Waals surface area (Å²) in [6.45, 7) is 1.69. The molecule has 1 fully saturated rings. The van der Waals surface area contributed by atoms with Crippen molar-refractivity contribution in [2.24, 2.45) is 5.92 Å². The highest BCUT2D eigenvalue weighted by atomic mass is 127. The van der Waals surface area contributed by atoms with E-state index < -0.39 is 12.1 Å². The number of hydrogen-bond acceptors (Lipinski definition) is 2. The number of carbonyl (C=O) groups is 1. The van der Waals surface area contributed by atoms with Crippen LogP contribution in [-0.2, 0) is 9.53 Å². The average Bonchev–Trinajstić information content (AvgIpc) is 2.17. The predicted molar refractivity (Wildman–Crippen MR) is 42.8 cm³/mol. The lowest BCUT2D eigenvalue weighted by Gasteiger charge is -2.08. The normalized spacial score (nSPS) is 39.9. The molecule has 0 N–H and O–H groups in total. The number of carbonyl (C=O) groups excluding carboxylic acids is 1. The molecular formula is C6H8FIO2. The van der Waals surface area contributed by atoms with E-state index in [2.05, 4.69) is 22.6 Å². The van der Waals surface area contributed by atoms with Crippen LogP contribution in [0.4, 0.5) is 4.39 Å². The van der Waals surface area contributed by atoms with Crippen molar-refractivity contribution in [2.75, 3.05) is 4.43 Å². The van der Waals surface area contributed by atoms with E-state index >= 15 is 0 Å². The maximum Gasteiger partial charge on any atom is 0.341 e. The number of rotatable bonds is 1. The molecule has 10 heavy (non-hydrogen) atoms. The smallest absolute Gasteiger partial charge is 0.341 e. The molecule has 4 heteroatoms. The van der Waals surface area contributed by atoms with Crippen LogP contribution >= 0.6 is 22.6 Å². The Hall–Kier alpha value is 0.130. The zero-order chi connectivity index (χ0) is 7.72. The number of ether oxygens (including phenoxy) is 1. The summed E-state index contributed by atoms with van der Waals surface area (Å²) in [5, 5.41) is 0. The summed E-state index contributed by atoms with van der Waals surface area (Å²) in [7, 11) is 0. The summed E-state index contributed by atoms with van der Waals surface area (Å²) in [5.41, 5.74) is 0. The maximum absolute atomic E-state index is 12.7. The SMILES string of the molecule is C[C@H]1[C@H](F)C(=O)O[C@@H]1CI. The molecule has 0 unspecified atom stereocenters. The molecule has 58 valence electrons. The third-order valence-electron chi connectivity index (χ3n) is 1.69. The molecular weight excluding hydrogens is 250 g/mol. The largest absolute Gasteiger partial charge is 0.459 e. The molecule has 0 aromatic rings. The molecule has 1 rings (SSSR count). The van der Waals surface area contributed by atoms with E-state index in [1.165, 1.54) is 0 Å². The Morgan fingerprint density at radius 2 is 2.40 bits per heavy atom. The number of alkyl halides is 2. The van der Waals surface area contributed by atoms with Crippen molar-refractivity contribution in [3.05, 3.63) is 0 Å². The Balaban J connectivity index is 2.61. The van der Waals surface area contributed by atoms with E-state index in [4.69, 9.17) is 4.74 Å². The highest BCUT2D eigenvalue weighted by Crippen LogP contribution is 2.25. The van der Waals surface area contributed by atoms with E-state index in [0.717, 1.165) is 0 Å². The Labute approximate surface area is 72.3 Å². The van der Waals surface area contributed by atoms with Gasteiger partial charge >= 0.3 is 5.97 Å². The molecule has 3 atom stereocenters. The molecule has 1 aliphatic rings. The predicted octanol–water partition coefficient (Wildman–Crippen LogP) is 1.32. The summed E-state index contributed by atoms with van der Waals surface area (Å²) in [4.78, 5) is 10.6. The lowest BCUT2D eigenvalue weighted by molar-refractivity contribution is -0.144. The summed E-state index contributed by atoms with van der Waals surface area (Å²) in [5.74, 6) is -0.974. The van der Waals surface area contributed by atoms with Crippen molar-refractivity contribution in [3.63, 3.8) is 0 Å². The second-order valence-corrected chi connectivity index (χ2v) is 3.27. The molecule has 0 spiro atoms. The first kappa shape index (κ1) is 8.23. The quantitative estimate of drug-likeness (QED) is 0.403. The fourth-order valence-electron chi connectivity index (χ4n) is 0.897. The molecule has 0 aromatic carbocycles. The van der Waals surface area contributed by atoms with E-state index in [9.17, 15) is 9.18 Å². The van der Waals surface area contributed by atoms with Crippen molar-refractivity contribution in [2.45, 2.75) is 19.2 Å². The monoisotopic (exact) mass is 258 g/mol. The average molecular weight is 258 g/mol. The van der Waals surface area contributed by atoms with Crippen LogP contribution in [0.1, 0.15) is 6.92 Å². The van der Waals surface area contributed by atoms with Crippen LogP contribution in [0.5, 0.6) is 0 Å². The van der Waals surface area contributed by atoms with Gasteiger partial charge in [0, 0.05) is 10.3 Å². The van der Waals surface area contributed by atoms with Crippen LogP contribution in [0.25, 0.3) is 0 Å². The Morgan fingerprint density at radius 1 is 1.80 bits per heavy atom. The molecule has 1 heterocycles. The second kappa shape index (κ2) is 3.02. The van der Waals surface area contributed by atoms with Crippen LogP contribution in [0, 0.1) is 5.92 Å². The van der Waals surface area contributed by atoms with E-state index in [1.54, 1.807) is 6.92 Å². The van der Waals surface area contributed by atoms with Crippen molar-refractivity contribution in [1.29, 1.82) is 0 Å². The van der Waals surface area contributed by atoms with E-state index in [-0.39, 0.29) is 12.0 Å². The van der Waals surface area contributed by atoms with Crippen LogP contribution < -0.4 is 0 Å². The van der Waals surface area contributed by atoms with Crippen molar-refractivity contribution < 1.29 is 13.9 Å². The molecule has 2 nitrogen and oxygen atoms in total. The number of hydrogen-bond donors (Lipinski definition) is 0. The van der Waals surface area contributed by atoms with Gasteiger partial charge in [-0.1, -0.05) is 29.5 Å². The molecule has 0 radical (unpaired) electrons. The van der Waals surface area contributed by atoms with Gasteiger partial charge in [-0.05, 0) is 0 Å². The Bertz CT molecular complexity index is 151. The zero-order valence-corrected chi connectivity index (χ0v) is 7.67. The Morgan fingerprint density at radius 3 is 2.60 bits per heavy atom.